The smallest absolute Gasteiger partial charge is 0.183 e. The van der Waals surface area contributed by atoms with Crippen LogP contribution in [0, 0.1) is 6.92 Å². The number of hydrogen-bond acceptors (Lipinski definition) is 4. The minimum absolute atomic E-state index is 0.703. The SMILES string of the molecule is CCNc1nc(C)c(CCN)s1. The van der Waals surface area contributed by atoms with Crippen LogP contribution in [0.5, 0.6) is 0 Å². The number of nitrogens with two attached hydrogens (primary N) is 1. The molecule has 3 nitrogen and oxygen atoms in total. The quantitative estimate of drug-likeness (QED) is 0.745. The summed E-state index contributed by atoms with van der Waals surface area (Å²) in [6.45, 7) is 5.73. The largest absolute Gasteiger partial charge is 0.362 e. The van der Waals surface area contributed by atoms with Gasteiger partial charge >= 0.3 is 0 Å². The monoisotopic (exact) mass is 185 g/mol. The van der Waals surface area contributed by atoms with Crippen LogP contribution in [-0.2, 0) is 6.42 Å². The second-order valence-electron chi connectivity index (χ2n) is 2.60. The van der Waals surface area contributed by atoms with Crippen LogP contribution in [0.15, 0.2) is 0 Å². The lowest BCUT2D eigenvalue weighted by Gasteiger charge is -1.93. The molecule has 0 saturated carbocycles. The van der Waals surface area contributed by atoms with E-state index in [2.05, 4.69) is 17.2 Å². The van der Waals surface area contributed by atoms with E-state index in [1.165, 1.54) is 4.88 Å². The third-order valence-corrected chi connectivity index (χ3v) is 2.77. The molecule has 0 aliphatic carbocycles. The van der Waals surface area contributed by atoms with Gasteiger partial charge in [0.05, 0.1) is 5.69 Å². The summed E-state index contributed by atoms with van der Waals surface area (Å²) in [6, 6.07) is 0. The summed E-state index contributed by atoms with van der Waals surface area (Å²) < 4.78 is 0. The topological polar surface area (TPSA) is 50.9 Å². The maximum Gasteiger partial charge on any atom is 0.183 e. The van der Waals surface area contributed by atoms with Crippen LogP contribution in [0.1, 0.15) is 17.5 Å². The Kier molecular flexibility index (Phi) is 3.49. The molecule has 1 rings (SSSR count). The van der Waals surface area contributed by atoms with Gasteiger partial charge in [-0.15, -0.1) is 11.3 Å². The fourth-order valence-corrected chi connectivity index (χ4v) is 2.06. The number of aromatic nitrogens is 1. The van der Waals surface area contributed by atoms with Gasteiger partial charge in [0, 0.05) is 11.4 Å². The van der Waals surface area contributed by atoms with Crippen LogP contribution in [0.25, 0.3) is 0 Å². The van der Waals surface area contributed by atoms with E-state index < -0.39 is 0 Å². The number of thiazole rings is 1. The van der Waals surface area contributed by atoms with Crippen molar-refractivity contribution in [1.29, 1.82) is 0 Å². The zero-order chi connectivity index (χ0) is 8.97. The number of anilines is 1. The van der Waals surface area contributed by atoms with Gasteiger partial charge in [-0.05, 0) is 26.8 Å². The Morgan fingerprint density at radius 2 is 2.33 bits per heavy atom. The molecule has 0 unspecified atom stereocenters. The molecule has 68 valence electrons. The normalized spacial score (nSPS) is 10.2. The average molecular weight is 185 g/mol. The first-order valence-corrected chi connectivity index (χ1v) is 4.99. The van der Waals surface area contributed by atoms with Crippen LogP contribution >= 0.6 is 11.3 Å². The Morgan fingerprint density at radius 3 is 2.92 bits per heavy atom. The predicted octanol–water partition coefficient (Wildman–Crippen LogP) is 1.38. The van der Waals surface area contributed by atoms with E-state index in [9.17, 15) is 0 Å². The van der Waals surface area contributed by atoms with Crippen molar-refractivity contribution in [2.45, 2.75) is 20.3 Å². The summed E-state index contributed by atoms with van der Waals surface area (Å²) in [5, 5.41) is 4.21. The van der Waals surface area contributed by atoms with Gasteiger partial charge in [-0.25, -0.2) is 4.98 Å². The maximum atomic E-state index is 5.47. The fraction of sp³-hybridized carbons (Fsp3) is 0.625. The van der Waals surface area contributed by atoms with Gasteiger partial charge in [-0.2, -0.15) is 0 Å². The lowest BCUT2D eigenvalue weighted by atomic mass is 10.3. The van der Waals surface area contributed by atoms with Crippen LogP contribution < -0.4 is 11.1 Å². The van der Waals surface area contributed by atoms with Crippen molar-refractivity contribution in [2.24, 2.45) is 5.73 Å². The molecule has 0 aromatic carbocycles. The summed E-state index contributed by atoms with van der Waals surface area (Å²) in [6.07, 6.45) is 0.939. The highest BCUT2D eigenvalue weighted by Gasteiger charge is 2.04. The summed E-state index contributed by atoms with van der Waals surface area (Å²) in [5.41, 5.74) is 6.58. The van der Waals surface area contributed by atoms with Gasteiger partial charge in [0.15, 0.2) is 5.13 Å². The highest BCUT2D eigenvalue weighted by molar-refractivity contribution is 7.15. The Hall–Kier alpha value is -0.610. The van der Waals surface area contributed by atoms with E-state index in [4.69, 9.17) is 5.73 Å². The minimum Gasteiger partial charge on any atom is -0.362 e. The first kappa shape index (κ1) is 9.48. The van der Waals surface area contributed by atoms with Crippen LogP contribution in [0.4, 0.5) is 5.13 Å². The summed E-state index contributed by atoms with van der Waals surface area (Å²) >= 11 is 1.71. The lowest BCUT2D eigenvalue weighted by molar-refractivity contribution is 0.970. The molecule has 0 aliphatic rings. The molecule has 0 spiro atoms. The summed E-state index contributed by atoms with van der Waals surface area (Å²) in [4.78, 5) is 5.67. The highest BCUT2D eigenvalue weighted by Crippen LogP contribution is 2.22. The third-order valence-electron chi connectivity index (χ3n) is 1.59. The van der Waals surface area contributed by atoms with Gasteiger partial charge in [0.1, 0.15) is 0 Å². The van der Waals surface area contributed by atoms with Crippen molar-refractivity contribution in [3.05, 3.63) is 10.6 Å². The molecule has 1 aromatic rings. The molecule has 0 aliphatic heterocycles. The summed E-state index contributed by atoms with van der Waals surface area (Å²) in [5.74, 6) is 0. The Bertz CT molecular complexity index is 244. The first-order chi connectivity index (χ1) is 5.77. The molecule has 1 aromatic heterocycles. The van der Waals surface area contributed by atoms with Gasteiger partial charge in [0.2, 0.25) is 0 Å². The van der Waals surface area contributed by atoms with Crippen molar-refractivity contribution in [3.63, 3.8) is 0 Å². The zero-order valence-electron chi connectivity index (χ0n) is 7.55. The van der Waals surface area contributed by atoms with E-state index in [1.54, 1.807) is 11.3 Å². The van der Waals surface area contributed by atoms with Gasteiger partial charge in [-0.3, -0.25) is 0 Å². The molecular weight excluding hydrogens is 170 g/mol. The first-order valence-electron chi connectivity index (χ1n) is 4.18. The molecule has 0 fully saturated rings. The van der Waals surface area contributed by atoms with Gasteiger partial charge < -0.3 is 11.1 Å². The Balaban J connectivity index is 2.70. The minimum atomic E-state index is 0.703. The number of nitrogens with zero attached hydrogens (tertiary/aromatic N) is 1. The van der Waals surface area contributed by atoms with E-state index in [1.807, 2.05) is 6.92 Å². The summed E-state index contributed by atoms with van der Waals surface area (Å²) in [7, 11) is 0. The number of nitrogens with one attached hydrogen (secondary N) is 1. The van der Waals surface area contributed by atoms with Gasteiger partial charge in [-0.1, -0.05) is 0 Å². The highest BCUT2D eigenvalue weighted by atomic mass is 32.1. The molecule has 3 N–H and O–H groups in total. The average Bonchev–Trinajstić information content (AvgIpc) is 2.34. The molecule has 4 heteroatoms. The molecule has 0 bridgehead atoms. The molecule has 12 heavy (non-hydrogen) atoms. The molecule has 0 amide bonds. The van der Waals surface area contributed by atoms with Crippen LogP contribution in [0.3, 0.4) is 0 Å². The van der Waals surface area contributed by atoms with E-state index in [-0.39, 0.29) is 0 Å². The Labute approximate surface area is 77.0 Å². The second-order valence-corrected chi connectivity index (χ2v) is 3.68. The second kappa shape index (κ2) is 4.42. The number of rotatable bonds is 4. The van der Waals surface area contributed by atoms with Crippen molar-refractivity contribution in [3.8, 4) is 0 Å². The number of hydrogen-bond donors (Lipinski definition) is 2. The van der Waals surface area contributed by atoms with Crippen molar-refractivity contribution < 1.29 is 0 Å². The van der Waals surface area contributed by atoms with Crippen molar-refractivity contribution in [2.75, 3.05) is 18.4 Å². The fourth-order valence-electron chi connectivity index (χ4n) is 1.02. The molecule has 0 saturated heterocycles. The van der Waals surface area contributed by atoms with E-state index in [0.29, 0.717) is 6.54 Å². The molecular formula is C8H15N3S. The standard InChI is InChI=1S/C8H15N3S/c1-3-10-8-11-6(2)7(12-8)4-5-9/h3-5,9H2,1-2H3,(H,10,11). The zero-order valence-corrected chi connectivity index (χ0v) is 8.37. The lowest BCUT2D eigenvalue weighted by Crippen LogP contribution is -2.01. The Morgan fingerprint density at radius 1 is 1.58 bits per heavy atom. The molecule has 0 radical (unpaired) electrons. The van der Waals surface area contributed by atoms with E-state index >= 15 is 0 Å². The van der Waals surface area contributed by atoms with Crippen LogP contribution in [0.2, 0.25) is 0 Å². The van der Waals surface area contributed by atoms with Crippen molar-refractivity contribution >= 4 is 16.5 Å². The molecule has 1 heterocycles. The van der Waals surface area contributed by atoms with Gasteiger partial charge in [0.25, 0.3) is 0 Å². The van der Waals surface area contributed by atoms with Crippen molar-refractivity contribution in [1.82, 2.24) is 4.98 Å². The third kappa shape index (κ3) is 2.19. The number of aryl methyl sites for hydroxylation is 1. The van der Waals surface area contributed by atoms with E-state index in [0.717, 1.165) is 23.8 Å². The predicted molar refractivity (Wildman–Crippen MR) is 53.8 cm³/mol. The maximum absolute atomic E-state index is 5.47. The van der Waals surface area contributed by atoms with Crippen LogP contribution in [-0.4, -0.2) is 18.1 Å². The molecule has 0 atom stereocenters.